The van der Waals surface area contributed by atoms with E-state index in [0.29, 0.717) is 24.1 Å². The highest BCUT2D eigenvalue weighted by Crippen LogP contribution is 2.17. The van der Waals surface area contributed by atoms with Gasteiger partial charge in [0.15, 0.2) is 0 Å². The van der Waals surface area contributed by atoms with Crippen LogP contribution in [0.1, 0.15) is 31.1 Å². The Morgan fingerprint density at radius 3 is 3.04 bits per heavy atom. The first-order valence-electron chi connectivity index (χ1n) is 7.39. The fourth-order valence-electron chi connectivity index (χ4n) is 2.06. The van der Waals surface area contributed by atoms with Crippen LogP contribution >= 0.6 is 0 Å². The number of carbonyl (C=O) groups is 1. The predicted molar refractivity (Wildman–Crippen MR) is 81.3 cm³/mol. The van der Waals surface area contributed by atoms with E-state index < -0.39 is 6.04 Å². The number of pyridine rings is 1. The average molecular weight is 328 g/mol. The summed E-state index contributed by atoms with van der Waals surface area (Å²) in [6.45, 7) is 3.96. The third kappa shape index (κ3) is 3.59. The molecule has 0 aliphatic carbocycles. The largest absolute Gasteiger partial charge is 0.345 e. The Morgan fingerprint density at radius 2 is 2.33 bits per heavy atom. The van der Waals surface area contributed by atoms with Gasteiger partial charge in [-0.3, -0.25) is 9.78 Å². The van der Waals surface area contributed by atoms with E-state index in [1.165, 1.54) is 0 Å². The molecule has 0 aromatic carbocycles. The van der Waals surface area contributed by atoms with Crippen molar-refractivity contribution in [3.05, 3.63) is 36.2 Å². The van der Waals surface area contributed by atoms with Gasteiger partial charge >= 0.3 is 0 Å². The Bertz CT molecular complexity index is 813. The highest BCUT2D eigenvalue weighted by molar-refractivity contribution is 5.76. The monoisotopic (exact) mass is 328 g/mol. The van der Waals surface area contributed by atoms with Gasteiger partial charge in [-0.15, -0.1) is 5.10 Å². The van der Waals surface area contributed by atoms with Crippen LogP contribution in [0, 0.1) is 6.92 Å². The number of nitrogens with zero attached hydrogens (tertiary/aromatic N) is 7. The number of tetrazole rings is 1. The summed E-state index contributed by atoms with van der Waals surface area (Å²) in [6.07, 6.45) is 3.56. The van der Waals surface area contributed by atoms with Crippen LogP contribution in [0.25, 0.3) is 11.4 Å². The molecule has 0 aliphatic rings. The molecule has 10 heteroatoms. The first-order chi connectivity index (χ1) is 11.6. The molecular weight excluding hydrogens is 312 g/mol. The van der Waals surface area contributed by atoms with Crippen molar-refractivity contribution in [1.82, 2.24) is 40.6 Å². The van der Waals surface area contributed by atoms with Gasteiger partial charge < -0.3 is 9.84 Å². The molecular formula is C14H16N8O2. The van der Waals surface area contributed by atoms with E-state index in [2.05, 4.69) is 36.0 Å². The van der Waals surface area contributed by atoms with Crippen molar-refractivity contribution in [3.63, 3.8) is 0 Å². The molecule has 10 nitrogen and oxygen atoms in total. The van der Waals surface area contributed by atoms with Gasteiger partial charge in [0.1, 0.15) is 11.9 Å². The molecule has 0 spiro atoms. The van der Waals surface area contributed by atoms with Gasteiger partial charge in [0.25, 0.3) is 0 Å². The standard InChI is InChI=1S/C14H16N8O2/c1-9(16-12(23)5-7-22-10(2)18-20-21-22)14-17-13(19-24-14)11-4-3-6-15-8-11/h3-4,6,8-9H,5,7H2,1-2H3,(H,16,23)/t9-/m0/s1. The van der Waals surface area contributed by atoms with Gasteiger partial charge in [-0.2, -0.15) is 4.98 Å². The van der Waals surface area contributed by atoms with Crippen LogP contribution in [0.15, 0.2) is 29.0 Å². The quantitative estimate of drug-likeness (QED) is 0.701. The first kappa shape index (κ1) is 15.7. The van der Waals surface area contributed by atoms with Crippen LogP contribution in [0.2, 0.25) is 0 Å². The Labute approximate surface area is 137 Å². The number of hydrogen-bond donors (Lipinski definition) is 1. The maximum Gasteiger partial charge on any atom is 0.249 e. The van der Waals surface area contributed by atoms with Gasteiger partial charge in [-0.1, -0.05) is 5.16 Å². The third-order valence-corrected chi connectivity index (χ3v) is 3.37. The maximum absolute atomic E-state index is 12.0. The van der Waals surface area contributed by atoms with Crippen LogP contribution < -0.4 is 5.32 Å². The van der Waals surface area contributed by atoms with Crippen LogP contribution in [0.5, 0.6) is 0 Å². The van der Waals surface area contributed by atoms with Gasteiger partial charge in [0.2, 0.25) is 17.6 Å². The molecule has 1 atom stereocenters. The Hall–Kier alpha value is -3.17. The summed E-state index contributed by atoms with van der Waals surface area (Å²) in [5.41, 5.74) is 0.750. The van der Waals surface area contributed by atoms with E-state index in [-0.39, 0.29) is 12.3 Å². The molecule has 3 aromatic rings. The highest BCUT2D eigenvalue weighted by Gasteiger charge is 2.17. The normalized spacial score (nSPS) is 12.1. The summed E-state index contributed by atoms with van der Waals surface area (Å²) in [5, 5.41) is 17.8. The van der Waals surface area contributed by atoms with Crippen molar-refractivity contribution in [2.24, 2.45) is 0 Å². The minimum Gasteiger partial charge on any atom is -0.345 e. The molecule has 0 saturated carbocycles. The molecule has 3 rings (SSSR count). The predicted octanol–water partition coefficient (Wildman–Crippen LogP) is 0.694. The number of nitrogens with one attached hydrogen (secondary N) is 1. The Morgan fingerprint density at radius 1 is 1.46 bits per heavy atom. The van der Waals surface area contributed by atoms with E-state index in [1.807, 2.05) is 6.07 Å². The smallest absolute Gasteiger partial charge is 0.249 e. The topological polar surface area (TPSA) is 125 Å². The van der Waals surface area contributed by atoms with Gasteiger partial charge in [-0.05, 0) is 36.4 Å². The average Bonchev–Trinajstić information content (AvgIpc) is 3.23. The van der Waals surface area contributed by atoms with Crippen molar-refractivity contribution in [3.8, 4) is 11.4 Å². The van der Waals surface area contributed by atoms with E-state index in [9.17, 15) is 4.79 Å². The number of amides is 1. The molecule has 0 fully saturated rings. The molecule has 124 valence electrons. The minimum atomic E-state index is -0.398. The van der Waals surface area contributed by atoms with Crippen LogP contribution in [-0.4, -0.2) is 41.2 Å². The highest BCUT2D eigenvalue weighted by atomic mass is 16.5. The lowest BCUT2D eigenvalue weighted by Gasteiger charge is -2.09. The third-order valence-electron chi connectivity index (χ3n) is 3.37. The first-order valence-corrected chi connectivity index (χ1v) is 7.39. The second-order valence-corrected chi connectivity index (χ2v) is 5.19. The molecule has 3 aromatic heterocycles. The fourth-order valence-corrected chi connectivity index (χ4v) is 2.06. The number of aryl methyl sites for hydroxylation is 2. The van der Waals surface area contributed by atoms with Gasteiger partial charge in [-0.25, -0.2) is 4.68 Å². The zero-order valence-electron chi connectivity index (χ0n) is 13.2. The zero-order chi connectivity index (χ0) is 16.9. The lowest BCUT2D eigenvalue weighted by Crippen LogP contribution is -2.28. The second-order valence-electron chi connectivity index (χ2n) is 5.19. The van der Waals surface area contributed by atoms with Crippen LogP contribution in [0.3, 0.4) is 0 Å². The van der Waals surface area contributed by atoms with Crippen molar-refractivity contribution >= 4 is 5.91 Å². The molecule has 1 N–H and O–H groups in total. The number of carbonyl (C=O) groups excluding carboxylic acids is 1. The van der Waals surface area contributed by atoms with E-state index in [0.717, 1.165) is 5.56 Å². The number of aromatic nitrogens is 7. The SMILES string of the molecule is Cc1nnnn1CCC(=O)N[C@@H](C)c1nc(-c2cccnc2)no1. The molecule has 0 aliphatic heterocycles. The van der Waals surface area contributed by atoms with Crippen LogP contribution in [0.4, 0.5) is 0 Å². The van der Waals surface area contributed by atoms with Crippen molar-refractivity contribution in [2.75, 3.05) is 0 Å². The van der Waals surface area contributed by atoms with Gasteiger partial charge in [0.05, 0.1) is 6.54 Å². The van der Waals surface area contributed by atoms with Crippen molar-refractivity contribution in [2.45, 2.75) is 32.9 Å². The zero-order valence-corrected chi connectivity index (χ0v) is 13.2. The Balaban J connectivity index is 1.57. The minimum absolute atomic E-state index is 0.154. The van der Waals surface area contributed by atoms with E-state index in [4.69, 9.17) is 4.52 Å². The summed E-state index contributed by atoms with van der Waals surface area (Å²) >= 11 is 0. The summed E-state index contributed by atoms with van der Waals surface area (Å²) in [4.78, 5) is 20.3. The Kier molecular flexibility index (Phi) is 4.54. The van der Waals surface area contributed by atoms with Crippen molar-refractivity contribution in [1.29, 1.82) is 0 Å². The summed E-state index contributed by atoms with van der Waals surface area (Å²) in [5.74, 6) is 1.27. The molecule has 0 unspecified atom stereocenters. The summed E-state index contributed by atoms with van der Waals surface area (Å²) in [7, 11) is 0. The number of rotatable bonds is 6. The van der Waals surface area contributed by atoms with E-state index in [1.54, 1.807) is 37.0 Å². The van der Waals surface area contributed by atoms with E-state index >= 15 is 0 Å². The summed E-state index contributed by atoms with van der Waals surface area (Å²) in [6, 6.07) is 3.22. The van der Waals surface area contributed by atoms with Crippen molar-refractivity contribution < 1.29 is 9.32 Å². The lowest BCUT2D eigenvalue weighted by atomic mass is 10.2. The second kappa shape index (κ2) is 6.94. The summed E-state index contributed by atoms with van der Waals surface area (Å²) < 4.78 is 6.78. The van der Waals surface area contributed by atoms with Crippen LogP contribution in [-0.2, 0) is 11.3 Å². The molecule has 0 radical (unpaired) electrons. The molecule has 0 saturated heterocycles. The maximum atomic E-state index is 12.0. The molecule has 24 heavy (non-hydrogen) atoms. The lowest BCUT2D eigenvalue weighted by molar-refractivity contribution is -0.122. The molecule has 0 bridgehead atoms. The molecule has 3 heterocycles. The van der Waals surface area contributed by atoms with Gasteiger partial charge in [0, 0.05) is 24.4 Å². The number of hydrogen-bond acceptors (Lipinski definition) is 8. The molecule has 1 amide bonds. The fraction of sp³-hybridized carbons (Fsp3) is 0.357.